The summed E-state index contributed by atoms with van der Waals surface area (Å²) in [5, 5.41) is 12.4. The molecule has 0 aliphatic carbocycles. The van der Waals surface area contributed by atoms with Gasteiger partial charge >= 0.3 is 5.97 Å². The Morgan fingerprint density at radius 3 is 2.00 bits per heavy atom. The van der Waals surface area contributed by atoms with Crippen LogP contribution in [0.3, 0.4) is 0 Å². The molecule has 0 spiro atoms. The van der Waals surface area contributed by atoms with Gasteiger partial charge < -0.3 is 15.2 Å². The Hall–Kier alpha value is -4.04. The van der Waals surface area contributed by atoms with Gasteiger partial charge in [-0.1, -0.05) is 57.2 Å². The number of phenolic OH excluding ortho intramolecular Hbond substituents is 1. The maximum atomic E-state index is 13.1. The van der Waals surface area contributed by atoms with Crippen LogP contribution < -0.4 is 5.32 Å². The van der Waals surface area contributed by atoms with Gasteiger partial charge in [0.2, 0.25) is 0 Å². The van der Waals surface area contributed by atoms with Crippen LogP contribution in [0.5, 0.6) is 5.75 Å². The Morgan fingerprint density at radius 2 is 1.45 bits per heavy atom. The first-order valence-corrected chi connectivity index (χ1v) is 13.9. The van der Waals surface area contributed by atoms with Gasteiger partial charge in [0.25, 0.3) is 5.91 Å². The van der Waals surface area contributed by atoms with Crippen molar-refractivity contribution in [2.24, 2.45) is 0 Å². The first-order chi connectivity index (χ1) is 18.8. The molecule has 2 aromatic carbocycles. The summed E-state index contributed by atoms with van der Waals surface area (Å²) >= 11 is 1.43. The minimum Gasteiger partial charge on any atom is -0.508 e. The number of rotatable bonds is 7. The highest BCUT2D eigenvalue weighted by Crippen LogP contribution is 2.29. The van der Waals surface area contributed by atoms with Crippen LogP contribution in [-0.2, 0) is 21.4 Å². The zero-order valence-corrected chi connectivity index (χ0v) is 24.5. The lowest BCUT2D eigenvalue weighted by molar-refractivity contribution is -0.157. The Balaban J connectivity index is 1.49. The highest BCUT2D eigenvalue weighted by molar-refractivity contribution is 7.14. The van der Waals surface area contributed by atoms with E-state index in [1.165, 1.54) is 11.3 Å². The van der Waals surface area contributed by atoms with Gasteiger partial charge in [-0.15, -0.1) is 11.3 Å². The van der Waals surface area contributed by atoms with E-state index in [1.807, 2.05) is 42.5 Å². The van der Waals surface area contributed by atoms with Gasteiger partial charge in [-0.25, -0.2) is 14.8 Å². The molecule has 8 heteroatoms. The van der Waals surface area contributed by atoms with E-state index in [1.54, 1.807) is 51.4 Å². The second-order valence-corrected chi connectivity index (χ2v) is 12.8. The second-order valence-electron chi connectivity index (χ2n) is 11.7. The Labute approximate surface area is 239 Å². The zero-order valence-electron chi connectivity index (χ0n) is 23.7. The molecule has 0 saturated carbocycles. The molecular formula is C32H35N3O4S. The Bertz CT molecular complexity index is 1460. The first-order valence-electron chi connectivity index (χ1n) is 13.1. The fourth-order valence-corrected chi connectivity index (χ4v) is 4.93. The van der Waals surface area contributed by atoms with Crippen molar-refractivity contribution in [1.29, 1.82) is 0 Å². The molecule has 4 aromatic rings. The number of carbonyl (C=O) groups excluding carboxylic acids is 2. The number of benzene rings is 2. The minimum atomic E-state index is -0.849. The number of aromatic nitrogens is 2. The predicted octanol–water partition coefficient (Wildman–Crippen LogP) is 6.56. The van der Waals surface area contributed by atoms with Crippen molar-refractivity contribution in [3.05, 3.63) is 88.4 Å². The Kier molecular flexibility index (Phi) is 8.40. The van der Waals surface area contributed by atoms with Crippen molar-refractivity contribution in [3.63, 3.8) is 0 Å². The molecule has 4 rings (SSSR count). The molecule has 0 saturated heterocycles. The van der Waals surface area contributed by atoms with Crippen molar-refractivity contribution >= 4 is 23.2 Å². The van der Waals surface area contributed by atoms with Crippen LogP contribution in [0.25, 0.3) is 22.5 Å². The van der Waals surface area contributed by atoms with E-state index in [4.69, 9.17) is 4.74 Å². The van der Waals surface area contributed by atoms with Crippen LogP contribution in [0.2, 0.25) is 0 Å². The largest absolute Gasteiger partial charge is 0.508 e. The summed E-state index contributed by atoms with van der Waals surface area (Å²) in [5.74, 6) is -0.00440. The lowest BCUT2D eigenvalue weighted by Gasteiger charge is -2.24. The summed E-state index contributed by atoms with van der Waals surface area (Å²) in [6, 6.07) is 17.4. The van der Waals surface area contributed by atoms with Crippen LogP contribution in [0, 0.1) is 0 Å². The molecule has 0 radical (unpaired) electrons. The molecule has 2 aromatic heterocycles. The SMILES string of the molecule is CC(C)(C)OC(=O)[C@H](Cc1ccc(-c2ncc(-c3ccc(O)cc3)cn2)cc1)NC(=O)c1ccc(C(C)(C)C)s1. The van der Waals surface area contributed by atoms with Gasteiger partial charge in [0.1, 0.15) is 17.4 Å². The molecule has 2 heterocycles. The van der Waals surface area contributed by atoms with Crippen LogP contribution in [0.4, 0.5) is 0 Å². The molecule has 40 heavy (non-hydrogen) atoms. The number of phenols is 1. The average Bonchev–Trinajstić information content (AvgIpc) is 3.40. The molecule has 0 unspecified atom stereocenters. The van der Waals surface area contributed by atoms with Crippen LogP contribution in [-0.4, -0.2) is 38.6 Å². The number of nitrogens with zero attached hydrogens (tertiary/aromatic N) is 2. The third-order valence-corrected chi connectivity index (χ3v) is 7.58. The van der Waals surface area contributed by atoms with E-state index in [0.29, 0.717) is 10.7 Å². The third kappa shape index (κ3) is 7.54. The van der Waals surface area contributed by atoms with Crippen LogP contribution in [0.15, 0.2) is 73.1 Å². The number of nitrogens with one attached hydrogen (secondary N) is 1. The van der Waals surface area contributed by atoms with Gasteiger partial charge in [0.15, 0.2) is 5.82 Å². The fourth-order valence-electron chi connectivity index (χ4n) is 3.96. The van der Waals surface area contributed by atoms with Crippen LogP contribution >= 0.6 is 11.3 Å². The number of thiophene rings is 1. The van der Waals surface area contributed by atoms with Crippen molar-refractivity contribution in [3.8, 4) is 28.3 Å². The molecule has 1 atom stereocenters. The maximum absolute atomic E-state index is 13.1. The van der Waals surface area contributed by atoms with Crippen LogP contribution in [0.1, 0.15) is 61.7 Å². The lowest BCUT2D eigenvalue weighted by atomic mass is 9.95. The number of esters is 1. The van der Waals surface area contributed by atoms with Gasteiger partial charge in [-0.3, -0.25) is 4.79 Å². The molecule has 2 N–H and O–H groups in total. The second kappa shape index (κ2) is 11.6. The quantitative estimate of drug-likeness (QED) is 0.250. The number of amides is 1. The summed E-state index contributed by atoms with van der Waals surface area (Å²) in [4.78, 5) is 36.8. The van der Waals surface area contributed by atoms with Crippen molar-refractivity contribution < 1.29 is 19.4 Å². The Morgan fingerprint density at radius 1 is 0.850 bits per heavy atom. The summed E-state index contributed by atoms with van der Waals surface area (Å²) in [7, 11) is 0. The maximum Gasteiger partial charge on any atom is 0.329 e. The summed E-state index contributed by atoms with van der Waals surface area (Å²) < 4.78 is 5.63. The molecule has 0 aliphatic heterocycles. The standard InChI is InChI=1S/C32H35N3O4S/c1-31(2,3)27-16-15-26(40-27)29(37)35-25(30(38)39-32(4,5)6)17-20-7-9-22(10-8-20)28-33-18-23(19-34-28)21-11-13-24(36)14-12-21/h7-16,18-19,25,36H,17H2,1-6H3,(H,35,37)/t25-/m0/s1. The molecule has 1 amide bonds. The van der Waals surface area contributed by atoms with E-state index in [0.717, 1.165) is 27.1 Å². The molecular weight excluding hydrogens is 522 g/mol. The van der Waals surface area contributed by atoms with E-state index >= 15 is 0 Å². The van der Waals surface area contributed by atoms with E-state index in [-0.39, 0.29) is 23.5 Å². The number of hydrogen-bond acceptors (Lipinski definition) is 7. The third-order valence-electron chi connectivity index (χ3n) is 6.07. The van der Waals surface area contributed by atoms with Gasteiger partial charge in [-0.05, 0) is 61.6 Å². The number of ether oxygens (including phenoxy) is 1. The van der Waals surface area contributed by atoms with Gasteiger partial charge in [0, 0.05) is 34.8 Å². The summed E-state index contributed by atoms with van der Waals surface area (Å²) in [6.07, 6.45) is 3.76. The molecule has 0 aliphatic rings. The van der Waals surface area contributed by atoms with Gasteiger partial charge in [-0.2, -0.15) is 0 Å². The minimum absolute atomic E-state index is 0.0644. The monoisotopic (exact) mass is 557 g/mol. The molecule has 0 bridgehead atoms. The fraction of sp³-hybridized carbons (Fsp3) is 0.312. The number of hydrogen-bond donors (Lipinski definition) is 2. The lowest BCUT2D eigenvalue weighted by Crippen LogP contribution is -2.45. The van der Waals surface area contributed by atoms with Gasteiger partial charge in [0.05, 0.1) is 4.88 Å². The number of aromatic hydroxyl groups is 1. The van der Waals surface area contributed by atoms with Crippen molar-refractivity contribution in [2.45, 2.75) is 65.0 Å². The van der Waals surface area contributed by atoms with E-state index in [2.05, 4.69) is 36.1 Å². The van der Waals surface area contributed by atoms with Crippen molar-refractivity contribution in [1.82, 2.24) is 15.3 Å². The van der Waals surface area contributed by atoms with E-state index < -0.39 is 17.6 Å². The smallest absolute Gasteiger partial charge is 0.329 e. The molecule has 7 nitrogen and oxygen atoms in total. The topological polar surface area (TPSA) is 101 Å². The predicted molar refractivity (Wildman–Crippen MR) is 158 cm³/mol. The molecule has 208 valence electrons. The average molecular weight is 558 g/mol. The van der Waals surface area contributed by atoms with E-state index in [9.17, 15) is 14.7 Å². The molecule has 0 fully saturated rings. The summed E-state index contributed by atoms with van der Waals surface area (Å²) in [6.45, 7) is 11.7. The normalized spacial score (nSPS) is 12.6. The highest BCUT2D eigenvalue weighted by atomic mass is 32.1. The number of carbonyl (C=O) groups is 2. The van der Waals surface area contributed by atoms with Crippen molar-refractivity contribution in [2.75, 3.05) is 0 Å². The summed E-state index contributed by atoms with van der Waals surface area (Å²) in [5.41, 5.74) is 2.69. The first kappa shape index (κ1) is 29.0. The zero-order chi connectivity index (χ0) is 29.1. The highest BCUT2D eigenvalue weighted by Gasteiger charge is 2.28.